The molecule has 1 unspecified atom stereocenters. The zero-order valence-electron chi connectivity index (χ0n) is 15.6. The van der Waals surface area contributed by atoms with E-state index in [1.165, 1.54) is 0 Å². The maximum atomic E-state index is 13.6. The lowest BCUT2D eigenvalue weighted by Gasteiger charge is -2.30. The minimum Gasteiger partial charge on any atom is -0.459 e. The largest absolute Gasteiger partial charge is 0.459 e. The van der Waals surface area contributed by atoms with Crippen molar-refractivity contribution in [2.24, 2.45) is 0 Å². The van der Waals surface area contributed by atoms with Crippen molar-refractivity contribution in [3.8, 4) is 0 Å². The molecule has 1 saturated heterocycles. The van der Waals surface area contributed by atoms with Crippen LogP contribution in [-0.2, 0) is 19.0 Å². The minimum atomic E-state index is -5.88. The van der Waals surface area contributed by atoms with Gasteiger partial charge in [0.1, 0.15) is 6.10 Å². The van der Waals surface area contributed by atoms with Crippen molar-refractivity contribution in [3.63, 3.8) is 0 Å². The fraction of sp³-hybridized carbons (Fsp3) is 0.938. The van der Waals surface area contributed by atoms with Crippen LogP contribution in [0.5, 0.6) is 0 Å². The van der Waals surface area contributed by atoms with E-state index < -0.39 is 55.7 Å². The maximum absolute atomic E-state index is 13.6. The quantitative estimate of drug-likeness (QED) is 0.262. The van der Waals surface area contributed by atoms with Crippen molar-refractivity contribution in [1.29, 1.82) is 0 Å². The molecule has 172 valence electrons. The average Bonchev–Trinajstić information content (AvgIpc) is 2.57. The van der Waals surface area contributed by atoms with Crippen LogP contribution in [0, 0.1) is 0 Å². The van der Waals surface area contributed by atoms with Crippen molar-refractivity contribution in [1.82, 2.24) is 4.90 Å². The standard InChI is InChI=1S/C16H23F8NO4/c1-11(26)29-12(8-25-3-6-27-7-4-25)9-28-5-2-14(19,20)10-15(21,22)16(23,24)13(17)18/h12-13H,2-10H2,1H3. The summed E-state index contributed by atoms with van der Waals surface area (Å²) in [5, 5.41) is 0. The lowest BCUT2D eigenvalue weighted by Crippen LogP contribution is -2.49. The summed E-state index contributed by atoms with van der Waals surface area (Å²) in [5.74, 6) is -16.5. The Hall–Kier alpha value is -1.21. The van der Waals surface area contributed by atoms with Gasteiger partial charge in [0, 0.05) is 33.0 Å². The number of carbonyl (C=O) groups excluding carboxylic acids is 1. The molecule has 0 aromatic rings. The van der Waals surface area contributed by atoms with Gasteiger partial charge in [0.05, 0.1) is 32.8 Å². The number of esters is 1. The summed E-state index contributed by atoms with van der Waals surface area (Å²) in [6.45, 7) is 2.19. The number of nitrogens with zero attached hydrogens (tertiary/aromatic N) is 1. The molecule has 1 fully saturated rings. The highest BCUT2D eigenvalue weighted by Gasteiger charge is 2.65. The molecule has 0 saturated carbocycles. The Labute approximate surface area is 162 Å². The fourth-order valence-electron chi connectivity index (χ4n) is 2.56. The molecule has 5 nitrogen and oxygen atoms in total. The number of rotatable bonds is 12. The molecule has 0 spiro atoms. The van der Waals surface area contributed by atoms with Gasteiger partial charge in [0.15, 0.2) is 0 Å². The first-order chi connectivity index (χ1) is 13.3. The summed E-state index contributed by atoms with van der Waals surface area (Å²) in [4.78, 5) is 13.0. The van der Waals surface area contributed by atoms with E-state index >= 15 is 0 Å². The molecule has 1 rings (SSSR count). The molecule has 1 atom stereocenters. The molecule has 0 aliphatic carbocycles. The first kappa shape index (κ1) is 25.8. The van der Waals surface area contributed by atoms with Gasteiger partial charge in [-0.2, -0.15) is 17.6 Å². The van der Waals surface area contributed by atoms with Gasteiger partial charge in [-0.15, -0.1) is 0 Å². The van der Waals surface area contributed by atoms with E-state index in [9.17, 15) is 39.9 Å². The maximum Gasteiger partial charge on any atom is 0.369 e. The predicted molar refractivity (Wildman–Crippen MR) is 83.7 cm³/mol. The molecule has 0 amide bonds. The number of morpholine rings is 1. The lowest BCUT2D eigenvalue weighted by molar-refractivity contribution is -0.283. The van der Waals surface area contributed by atoms with E-state index in [1.807, 2.05) is 4.90 Å². The monoisotopic (exact) mass is 445 g/mol. The van der Waals surface area contributed by atoms with E-state index in [1.54, 1.807) is 0 Å². The van der Waals surface area contributed by atoms with E-state index in [0.29, 0.717) is 26.3 Å². The van der Waals surface area contributed by atoms with Crippen LogP contribution in [0.2, 0.25) is 0 Å². The van der Waals surface area contributed by atoms with Crippen LogP contribution in [-0.4, -0.2) is 87.2 Å². The summed E-state index contributed by atoms with van der Waals surface area (Å²) in [6, 6.07) is 0. The smallest absolute Gasteiger partial charge is 0.369 e. The van der Waals surface area contributed by atoms with Gasteiger partial charge in [-0.1, -0.05) is 0 Å². The topological polar surface area (TPSA) is 48.0 Å². The Morgan fingerprint density at radius 2 is 1.69 bits per heavy atom. The molecule has 0 N–H and O–H groups in total. The van der Waals surface area contributed by atoms with E-state index in [0.717, 1.165) is 6.92 Å². The van der Waals surface area contributed by atoms with Crippen molar-refractivity contribution in [3.05, 3.63) is 0 Å². The van der Waals surface area contributed by atoms with Gasteiger partial charge in [-0.3, -0.25) is 9.69 Å². The highest BCUT2D eigenvalue weighted by atomic mass is 19.3. The normalized spacial score (nSPS) is 18.1. The molecule has 0 bridgehead atoms. The first-order valence-corrected chi connectivity index (χ1v) is 8.73. The summed E-state index contributed by atoms with van der Waals surface area (Å²) >= 11 is 0. The molecule has 13 heteroatoms. The molecule has 1 aliphatic heterocycles. The van der Waals surface area contributed by atoms with Gasteiger partial charge >= 0.3 is 24.2 Å². The van der Waals surface area contributed by atoms with Gasteiger partial charge in [-0.05, 0) is 0 Å². The summed E-state index contributed by atoms with van der Waals surface area (Å²) < 4.78 is 118. The van der Waals surface area contributed by atoms with Gasteiger partial charge in [-0.25, -0.2) is 17.6 Å². The Morgan fingerprint density at radius 1 is 1.10 bits per heavy atom. The molecule has 0 aromatic carbocycles. The van der Waals surface area contributed by atoms with Crippen LogP contribution >= 0.6 is 0 Å². The second-order valence-electron chi connectivity index (χ2n) is 6.63. The Morgan fingerprint density at radius 3 is 2.21 bits per heavy atom. The van der Waals surface area contributed by atoms with Crippen LogP contribution in [0.1, 0.15) is 19.8 Å². The third kappa shape index (κ3) is 8.59. The Kier molecular flexibility index (Phi) is 9.54. The van der Waals surface area contributed by atoms with Crippen LogP contribution in [0.25, 0.3) is 0 Å². The third-order valence-corrected chi connectivity index (χ3v) is 4.06. The number of alkyl halides is 8. The molecule has 0 radical (unpaired) electrons. The summed E-state index contributed by atoms with van der Waals surface area (Å²) in [6.07, 6.45) is -9.76. The van der Waals surface area contributed by atoms with E-state index in [2.05, 4.69) is 0 Å². The zero-order valence-corrected chi connectivity index (χ0v) is 15.6. The lowest BCUT2D eigenvalue weighted by atomic mass is 10.0. The van der Waals surface area contributed by atoms with Crippen LogP contribution < -0.4 is 0 Å². The highest BCUT2D eigenvalue weighted by Crippen LogP contribution is 2.45. The van der Waals surface area contributed by atoms with E-state index in [-0.39, 0.29) is 13.2 Å². The molecule has 1 aliphatic rings. The van der Waals surface area contributed by atoms with Crippen molar-refractivity contribution in [2.75, 3.05) is 46.1 Å². The van der Waals surface area contributed by atoms with Crippen molar-refractivity contribution < 1.29 is 54.1 Å². The van der Waals surface area contributed by atoms with Crippen LogP contribution in [0.3, 0.4) is 0 Å². The Bertz CT molecular complexity index is 515. The average molecular weight is 445 g/mol. The second-order valence-corrected chi connectivity index (χ2v) is 6.63. The molecule has 29 heavy (non-hydrogen) atoms. The fourth-order valence-corrected chi connectivity index (χ4v) is 2.56. The van der Waals surface area contributed by atoms with Crippen LogP contribution in [0.4, 0.5) is 35.1 Å². The SMILES string of the molecule is CC(=O)OC(COCCC(F)(F)CC(F)(F)C(F)(F)C(F)F)CN1CCOCC1. The third-order valence-electron chi connectivity index (χ3n) is 4.06. The van der Waals surface area contributed by atoms with E-state index in [4.69, 9.17) is 14.2 Å². The highest BCUT2D eigenvalue weighted by molar-refractivity contribution is 5.66. The molecular formula is C16H23F8NO4. The van der Waals surface area contributed by atoms with Gasteiger partial charge < -0.3 is 14.2 Å². The number of hydrogen-bond acceptors (Lipinski definition) is 5. The number of carbonyl (C=O) groups is 1. The number of hydrogen-bond donors (Lipinski definition) is 0. The number of halogens is 8. The molecular weight excluding hydrogens is 422 g/mol. The molecule has 0 aromatic heterocycles. The zero-order chi connectivity index (χ0) is 22.3. The minimum absolute atomic E-state index is 0.220. The summed E-state index contributed by atoms with van der Waals surface area (Å²) in [5.41, 5.74) is 0. The Balaban J connectivity index is 2.50. The van der Waals surface area contributed by atoms with Crippen molar-refractivity contribution in [2.45, 2.75) is 50.1 Å². The van der Waals surface area contributed by atoms with Gasteiger partial charge in [0.25, 0.3) is 5.92 Å². The number of ether oxygens (including phenoxy) is 3. The second kappa shape index (κ2) is 10.7. The first-order valence-electron chi connectivity index (χ1n) is 8.73. The predicted octanol–water partition coefficient (Wildman–Crippen LogP) is 3.22. The van der Waals surface area contributed by atoms with Crippen molar-refractivity contribution >= 4 is 5.97 Å². The van der Waals surface area contributed by atoms with Gasteiger partial charge in [0.2, 0.25) is 0 Å². The molecule has 1 heterocycles. The van der Waals surface area contributed by atoms with Crippen LogP contribution in [0.15, 0.2) is 0 Å². The summed E-state index contributed by atoms with van der Waals surface area (Å²) in [7, 11) is 0.